The van der Waals surface area contributed by atoms with Crippen molar-refractivity contribution < 1.29 is 0 Å². The molecule has 1 heterocycles. The van der Waals surface area contributed by atoms with E-state index in [1.54, 1.807) is 6.20 Å². The van der Waals surface area contributed by atoms with E-state index in [-0.39, 0.29) is 0 Å². The molecule has 0 bridgehead atoms. The smallest absolute Gasteiger partial charge is 0.222 e. The Kier molecular flexibility index (Phi) is 2.44. The quantitative estimate of drug-likeness (QED) is 0.849. The summed E-state index contributed by atoms with van der Waals surface area (Å²) in [5, 5.41) is 3.34. The summed E-state index contributed by atoms with van der Waals surface area (Å²) in [5.74, 6) is 1.45. The van der Waals surface area contributed by atoms with Crippen molar-refractivity contribution in [3.63, 3.8) is 0 Å². The lowest BCUT2D eigenvalue weighted by molar-refractivity contribution is 0.457. The molecule has 88 valence electrons. The maximum Gasteiger partial charge on any atom is 0.222 e. The van der Waals surface area contributed by atoms with E-state index in [0.29, 0.717) is 16.7 Å². The normalized spacial score (nSPS) is 21.8. The van der Waals surface area contributed by atoms with Gasteiger partial charge in [-0.3, -0.25) is 0 Å². The van der Waals surface area contributed by atoms with E-state index in [0.717, 1.165) is 18.2 Å². The Labute approximate surface area is 97.7 Å². The molecule has 1 N–H and O–H groups in total. The Balaban J connectivity index is 1.95. The SMILES string of the molecule is Cc1ccnc(NCC2C(C)(C)C2(C)C)n1. The Morgan fingerprint density at radius 2 is 1.88 bits per heavy atom. The van der Waals surface area contributed by atoms with E-state index in [1.807, 2.05) is 13.0 Å². The monoisotopic (exact) mass is 219 g/mol. The summed E-state index contributed by atoms with van der Waals surface area (Å²) in [5.41, 5.74) is 1.85. The van der Waals surface area contributed by atoms with Crippen LogP contribution in [0.2, 0.25) is 0 Å². The van der Waals surface area contributed by atoms with Gasteiger partial charge in [-0.1, -0.05) is 27.7 Å². The summed E-state index contributed by atoms with van der Waals surface area (Å²) >= 11 is 0. The zero-order valence-electron chi connectivity index (χ0n) is 10.8. The van der Waals surface area contributed by atoms with Gasteiger partial charge in [-0.15, -0.1) is 0 Å². The van der Waals surface area contributed by atoms with Gasteiger partial charge in [0.05, 0.1) is 0 Å². The van der Waals surface area contributed by atoms with Gasteiger partial charge in [0, 0.05) is 18.4 Å². The highest BCUT2D eigenvalue weighted by molar-refractivity contribution is 5.27. The summed E-state index contributed by atoms with van der Waals surface area (Å²) < 4.78 is 0. The van der Waals surface area contributed by atoms with Gasteiger partial charge in [-0.2, -0.15) is 0 Å². The van der Waals surface area contributed by atoms with Crippen molar-refractivity contribution in [3.05, 3.63) is 18.0 Å². The molecule has 0 amide bonds. The van der Waals surface area contributed by atoms with Crippen LogP contribution in [0.25, 0.3) is 0 Å². The number of nitrogens with zero attached hydrogens (tertiary/aromatic N) is 2. The molecule has 2 rings (SSSR count). The molecule has 1 aromatic heterocycles. The molecule has 1 aromatic rings. The molecule has 0 aromatic carbocycles. The number of hydrogen-bond acceptors (Lipinski definition) is 3. The fourth-order valence-electron chi connectivity index (χ4n) is 2.57. The van der Waals surface area contributed by atoms with E-state index < -0.39 is 0 Å². The molecule has 3 nitrogen and oxygen atoms in total. The van der Waals surface area contributed by atoms with Crippen LogP contribution in [0.1, 0.15) is 33.4 Å². The molecule has 0 saturated heterocycles. The van der Waals surface area contributed by atoms with E-state index in [2.05, 4.69) is 43.0 Å². The standard InChI is InChI=1S/C13H21N3/c1-9-6-7-14-11(16-9)15-8-10-12(2,3)13(10,4)5/h6-7,10H,8H2,1-5H3,(H,14,15,16). The van der Waals surface area contributed by atoms with Crippen molar-refractivity contribution in [2.24, 2.45) is 16.7 Å². The predicted octanol–water partition coefficient (Wildman–Crippen LogP) is 2.88. The van der Waals surface area contributed by atoms with Crippen LogP contribution < -0.4 is 5.32 Å². The van der Waals surface area contributed by atoms with E-state index >= 15 is 0 Å². The molecule has 1 fully saturated rings. The summed E-state index contributed by atoms with van der Waals surface area (Å²) in [6, 6.07) is 1.91. The first-order chi connectivity index (χ1) is 7.35. The largest absolute Gasteiger partial charge is 0.354 e. The molecular formula is C13H21N3. The second-order valence-corrected chi connectivity index (χ2v) is 5.90. The first-order valence-electron chi connectivity index (χ1n) is 5.89. The van der Waals surface area contributed by atoms with Crippen LogP contribution in [-0.4, -0.2) is 16.5 Å². The molecule has 0 unspecified atom stereocenters. The number of nitrogens with one attached hydrogen (secondary N) is 1. The first kappa shape index (κ1) is 11.4. The molecule has 0 radical (unpaired) electrons. The minimum atomic E-state index is 0.420. The Morgan fingerprint density at radius 3 is 2.38 bits per heavy atom. The van der Waals surface area contributed by atoms with Crippen LogP contribution in [0.15, 0.2) is 12.3 Å². The van der Waals surface area contributed by atoms with Crippen LogP contribution in [-0.2, 0) is 0 Å². The highest BCUT2D eigenvalue weighted by Gasteiger charge is 2.64. The van der Waals surface area contributed by atoms with Crippen molar-refractivity contribution >= 4 is 5.95 Å². The summed E-state index contributed by atoms with van der Waals surface area (Å²) in [4.78, 5) is 8.56. The zero-order chi connectivity index (χ0) is 12.0. The van der Waals surface area contributed by atoms with Gasteiger partial charge in [0.15, 0.2) is 0 Å². The molecule has 16 heavy (non-hydrogen) atoms. The third-order valence-corrected chi connectivity index (χ3v) is 4.58. The molecule has 0 spiro atoms. The third kappa shape index (κ3) is 1.68. The second kappa shape index (κ2) is 3.44. The van der Waals surface area contributed by atoms with E-state index in [1.165, 1.54) is 0 Å². The molecule has 1 aliphatic carbocycles. The number of anilines is 1. The van der Waals surface area contributed by atoms with Crippen molar-refractivity contribution in [2.45, 2.75) is 34.6 Å². The van der Waals surface area contributed by atoms with Crippen LogP contribution in [0.3, 0.4) is 0 Å². The lowest BCUT2D eigenvalue weighted by atomic mass is 10.0. The Hall–Kier alpha value is -1.12. The Bertz CT molecular complexity index is 382. The van der Waals surface area contributed by atoms with Crippen molar-refractivity contribution in [1.29, 1.82) is 0 Å². The number of aromatic nitrogens is 2. The molecule has 0 aliphatic heterocycles. The third-order valence-electron chi connectivity index (χ3n) is 4.58. The lowest BCUT2D eigenvalue weighted by Gasteiger charge is -2.06. The fourth-order valence-corrected chi connectivity index (χ4v) is 2.57. The maximum atomic E-state index is 4.35. The van der Waals surface area contributed by atoms with Gasteiger partial charge >= 0.3 is 0 Å². The highest BCUT2D eigenvalue weighted by atomic mass is 15.1. The van der Waals surface area contributed by atoms with Crippen LogP contribution >= 0.6 is 0 Å². The average molecular weight is 219 g/mol. The lowest BCUT2D eigenvalue weighted by Crippen LogP contribution is -2.10. The fraction of sp³-hybridized carbons (Fsp3) is 0.692. The number of rotatable bonds is 3. The van der Waals surface area contributed by atoms with Gasteiger partial charge < -0.3 is 5.32 Å². The molecule has 3 heteroatoms. The van der Waals surface area contributed by atoms with Crippen molar-refractivity contribution in [1.82, 2.24) is 9.97 Å². The topological polar surface area (TPSA) is 37.8 Å². The average Bonchev–Trinajstić information content (AvgIpc) is 2.55. The van der Waals surface area contributed by atoms with Crippen LogP contribution in [0.5, 0.6) is 0 Å². The van der Waals surface area contributed by atoms with Gasteiger partial charge in [-0.05, 0) is 29.7 Å². The molecule has 1 aliphatic rings. The van der Waals surface area contributed by atoms with Crippen LogP contribution in [0.4, 0.5) is 5.95 Å². The molecule has 0 atom stereocenters. The summed E-state index contributed by atoms with van der Waals surface area (Å²) in [7, 11) is 0. The van der Waals surface area contributed by atoms with E-state index in [4.69, 9.17) is 0 Å². The summed E-state index contributed by atoms with van der Waals surface area (Å²) in [6.45, 7) is 12.3. The van der Waals surface area contributed by atoms with E-state index in [9.17, 15) is 0 Å². The molecular weight excluding hydrogens is 198 g/mol. The van der Waals surface area contributed by atoms with Crippen molar-refractivity contribution in [2.75, 3.05) is 11.9 Å². The highest BCUT2D eigenvalue weighted by Crippen LogP contribution is 2.68. The van der Waals surface area contributed by atoms with Crippen LogP contribution in [0, 0.1) is 23.7 Å². The van der Waals surface area contributed by atoms with Gasteiger partial charge in [0.25, 0.3) is 0 Å². The maximum absolute atomic E-state index is 4.35. The van der Waals surface area contributed by atoms with Gasteiger partial charge in [0.1, 0.15) is 0 Å². The summed E-state index contributed by atoms with van der Waals surface area (Å²) in [6.07, 6.45) is 1.80. The molecule has 1 saturated carbocycles. The second-order valence-electron chi connectivity index (χ2n) is 5.90. The predicted molar refractivity (Wildman–Crippen MR) is 66.3 cm³/mol. The first-order valence-corrected chi connectivity index (χ1v) is 5.89. The van der Waals surface area contributed by atoms with Crippen molar-refractivity contribution in [3.8, 4) is 0 Å². The van der Waals surface area contributed by atoms with Gasteiger partial charge in [0.2, 0.25) is 5.95 Å². The van der Waals surface area contributed by atoms with Gasteiger partial charge in [-0.25, -0.2) is 9.97 Å². The minimum absolute atomic E-state index is 0.420. The zero-order valence-corrected chi connectivity index (χ0v) is 10.8. The number of aryl methyl sites for hydroxylation is 1. The Morgan fingerprint density at radius 1 is 1.25 bits per heavy atom. The minimum Gasteiger partial charge on any atom is -0.354 e. The number of hydrogen-bond donors (Lipinski definition) is 1.